The Morgan fingerprint density at radius 3 is 2.15 bits per heavy atom. The van der Waals surface area contributed by atoms with Gasteiger partial charge in [0.25, 0.3) is 0 Å². The van der Waals surface area contributed by atoms with E-state index in [2.05, 4.69) is 0 Å². The summed E-state index contributed by atoms with van der Waals surface area (Å²) >= 11 is 0. The van der Waals surface area contributed by atoms with E-state index in [9.17, 15) is 8.42 Å². The van der Waals surface area contributed by atoms with Gasteiger partial charge >= 0.3 is 0 Å². The minimum absolute atomic E-state index is 0.319. The fourth-order valence-electron chi connectivity index (χ4n) is 3.07. The Labute approximate surface area is 155 Å². The number of hydrogen-bond acceptors (Lipinski definition) is 4. The van der Waals surface area contributed by atoms with Gasteiger partial charge in [-0.05, 0) is 62.1 Å². The second kappa shape index (κ2) is 8.56. The van der Waals surface area contributed by atoms with Gasteiger partial charge in [-0.1, -0.05) is 18.2 Å². The maximum atomic E-state index is 12.8. The number of piperidine rings is 1. The monoisotopic (exact) mass is 375 g/mol. The fraction of sp³-hybridized carbons (Fsp3) is 0.400. The second-order valence-electron chi connectivity index (χ2n) is 6.38. The summed E-state index contributed by atoms with van der Waals surface area (Å²) in [4.78, 5) is 0.319. The van der Waals surface area contributed by atoms with Crippen LogP contribution in [0.1, 0.15) is 19.8 Å². The molecule has 26 heavy (non-hydrogen) atoms. The zero-order valence-electron chi connectivity index (χ0n) is 15.0. The molecule has 3 rings (SSSR count). The van der Waals surface area contributed by atoms with Gasteiger partial charge in [0.05, 0.1) is 18.1 Å². The first-order valence-electron chi connectivity index (χ1n) is 9.00. The maximum Gasteiger partial charge on any atom is 0.243 e. The molecule has 1 aliphatic rings. The Kier molecular flexibility index (Phi) is 6.16. The highest BCUT2D eigenvalue weighted by Crippen LogP contribution is 2.25. The van der Waals surface area contributed by atoms with Crippen LogP contribution in [0.3, 0.4) is 0 Å². The average Bonchev–Trinajstić information content (AvgIpc) is 2.68. The van der Waals surface area contributed by atoms with Gasteiger partial charge in [0, 0.05) is 13.1 Å². The lowest BCUT2D eigenvalue weighted by atomic mass is 9.99. The number of benzene rings is 2. The van der Waals surface area contributed by atoms with Crippen LogP contribution in [0, 0.1) is 5.92 Å². The van der Waals surface area contributed by atoms with Gasteiger partial charge in [-0.2, -0.15) is 4.31 Å². The zero-order valence-corrected chi connectivity index (χ0v) is 15.8. The van der Waals surface area contributed by atoms with Crippen molar-refractivity contribution in [2.45, 2.75) is 24.7 Å². The number of sulfonamides is 1. The Bertz CT molecular complexity index is 782. The van der Waals surface area contributed by atoms with Crippen molar-refractivity contribution >= 4 is 10.0 Å². The van der Waals surface area contributed by atoms with Crippen LogP contribution in [0.2, 0.25) is 0 Å². The molecule has 0 amide bonds. The molecule has 1 heterocycles. The molecule has 0 unspecified atom stereocenters. The number of para-hydroxylation sites is 1. The van der Waals surface area contributed by atoms with Crippen LogP contribution in [-0.4, -0.2) is 39.0 Å². The SMILES string of the molecule is CCOc1ccc(S(=O)(=O)N2CCC(COc3ccccc3)CC2)cc1. The molecule has 2 aromatic rings. The largest absolute Gasteiger partial charge is 0.494 e. The highest BCUT2D eigenvalue weighted by atomic mass is 32.2. The number of ether oxygens (including phenoxy) is 2. The van der Waals surface area contributed by atoms with Gasteiger partial charge in [-0.25, -0.2) is 8.42 Å². The van der Waals surface area contributed by atoms with Crippen molar-refractivity contribution in [2.24, 2.45) is 5.92 Å². The molecule has 0 aromatic heterocycles. The van der Waals surface area contributed by atoms with Crippen LogP contribution in [0.25, 0.3) is 0 Å². The van der Waals surface area contributed by atoms with Crippen molar-refractivity contribution in [3.05, 3.63) is 54.6 Å². The molecule has 2 aromatic carbocycles. The third kappa shape index (κ3) is 4.56. The molecule has 0 radical (unpaired) electrons. The van der Waals surface area contributed by atoms with Crippen LogP contribution < -0.4 is 9.47 Å². The predicted molar refractivity (Wildman–Crippen MR) is 101 cm³/mol. The van der Waals surface area contributed by atoms with Crippen LogP contribution in [0.15, 0.2) is 59.5 Å². The lowest BCUT2D eigenvalue weighted by Crippen LogP contribution is -2.39. The Hall–Kier alpha value is -2.05. The van der Waals surface area contributed by atoms with E-state index in [0.717, 1.165) is 18.6 Å². The number of rotatable bonds is 7. The standard InChI is InChI=1S/C20H25NO4S/c1-2-24-19-8-10-20(11-9-19)26(22,23)21-14-12-17(13-15-21)16-25-18-6-4-3-5-7-18/h3-11,17H,2,12-16H2,1H3. The van der Waals surface area contributed by atoms with E-state index in [-0.39, 0.29) is 0 Å². The lowest BCUT2D eigenvalue weighted by molar-refractivity contribution is 0.185. The predicted octanol–water partition coefficient (Wildman–Crippen LogP) is 3.57. The van der Waals surface area contributed by atoms with Crippen molar-refractivity contribution in [2.75, 3.05) is 26.3 Å². The summed E-state index contributed by atoms with van der Waals surface area (Å²) in [6.45, 7) is 4.14. The topological polar surface area (TPSA) is 55.8 Å². The Morgan fingerprint density at radius 1 is 0.923 bits per heavy atom. The van der Waals surface area contributed by atoms with E-state index in [1.165, 1.54) is 0 Å². The van der Waals surface area contributed by atoms with Gasteiger partial charge in [0.15, 0.2) is 0 Å². The van der Waals surface area contributed by atoms with Crippen LogP contribution >= 0.6 is 0 Å². The minimum Gasteiger partial charge on any atom is -0.494 e. The van der Waals surface area contributed by atoms with Crippen molar-refractivity contribution < 1.29 is 17.9 Å². The number of nitrogens with zero attached hydrogens (tertiary/aromatic N) is 1. The molecule has 0 saturated carbocycles. The highest BCUT2D eigenvalue weighted by molar-refractivity contribution is 7.89. The van der Waals surface area contributed by atoms with E-state index in [1.807, 2.05) is 37.3 Å². The van der Waals surface area contributed by atoms with E-state index < -0.39 is 10.0 Å². The molecule has 5 nitrogen and oxygen atoms in total. The first-order valence-corrected chi connectivity index (χ1v) is 10.4. The summed E-state index contributed by atoms with van der Waals surface area (Å²) in [5.74, 6) is 1.92. The summed E-state index contributed by atoms with van der Waals surface area (Å²) in [5.41, 5.74) is 0. The smallest absolute Gasteiger partial charge is 0.243 e. The Balaban J connectivity index is 1.54. The maximum absolute atomic E-state index is 12.8. The fourth-order valence-corrected chi connectivity index (χ4v) is 4.54. The Morgan fingerprint density at radius 2 is 1.54 bits per heavy atom. The molecule has 0 N–H and O–H groups in total. The van der Waals surface area contributed by atoms with E-state index >= 15 is 0 Å². The molecule has 6 heteroatoms. The molecule has 1 aliphatic heterocycles. The number of hydrogen-bond donors (Lipinski definition) is 0. The van der Waals surface area contributed by atoms with E-state index in [1.54, 1.807) is 28.6 Å². The zero-order chi connectivity index (χ0) is 18.4. The molecular weight excluding hydrogens is 350 g/mol. The third-order valence-electron chi connectivity index (χ3n) is 4.57. The summed E-state index contributed by atoms with van der Waals surface area (Å²) in [6, 6.07) is 16.4. The molecule has 1 saturated heterocycles. The van der Waals surface area contributed by atoms with Crippen LogP contribution in [0.4, 0.5) is 0 Å². The summed E-state index contributed by atoms with van der Waals surface area (Å²) in [5, 5.41) is 0. The van der Waals surface area contributed by atoms with Gasteiger partial charge < -0.3 is 9.47 Å². The van der Waals surface area contributed by atoms with E-state index in [4.69, 9.17) is 9.47 Å². The first kappa shape index (κ1) is 18.7. The van der Waals surface area contributed by atoms with Crippen molar-refractivity contribution in [1.82, 2.24) is 4.31 Å². The molecule has 0 bridgehead atoms. The first-order chi connectivity index (χ1) is 12.6. The summed E-state index contributed by atoms with van der Waals surface area (Å²) in [7, 11) is -3.45. The summed E-state index contributed by atoms with van der Waals surface area (Å²) in [6.07, 6.45) is 1.62. The molecule has 0 spiro atoms. The van der Waals surface area contributed by atoms with Crippen LogP contribution in [0.5, 0.6) is 11.5 Å². The van der Waals surface area contributed by atoms with Gasteiger partial charge in [0.2, 0.25) is 10.0 Å². The minimum atomic E-state index is -3.45. The molecule has 0 aliphatic carbocycles. The van der Waals surface area contributed by atoms with Gasteiger partial charge in [-0.15, -0.1) is 0 Å². The van der Waals surface area contributed by atoms with Crippen LogP contribution in [-0.2, 0) is 10.0 Å². The van der Waals surface area contributed by atoms with Gasteiger partial charge in [-0.3, -0.25) is 0 Å². The molecule has 1 fully saturated rings. The summed E-state index contributed by atoms with van der Waals surface area (Å²) < 4.78 is 38.3. The van der Waals surface area contributed by atoms with Crippen molar-refractivity contribution in [3.8, 4) is 11.5 Å². The van der Waals surface area contributed by atoms with E-state index in [0.29, 0.717) is 42.9 Å². The highest BCUT2D eigenvalue weighted by Gasteiger charge is 2.29. The average molecular weight is 375 g/mol. The molecular formula is C20H25NO4S. The molecule has 140 valence electrons. The van der Waals surface area contributed by atoms with Crippen molar-refractivity contribution in [3.63, 3.8) is 0 Å². The molecule has 0 atom stereocenters. The quantitative estimate of drug-likeness (QED) is 0.742. The third-order valence-corrected chi connectivity index (χ3v) is 6.49. The normalized spacial score (nSPS) is 16.3. The lowest BCUT2D eigenvalue weighted by Gasteiger charge is -2.31. The van der Waals surface area contributed by atoms with Crippen molar-refractivity contribution in [1.29, 1.82) is 0 Å². The second-order valence-corrected chi connectivity index (χ2v) is 8.31. The van der Waals surface area contributed by atoms with Gasteiger partial charge in [0.1, 0.15) is 11.5 Å².